The number of anilines is 1. The minimum Gasteiger partial charge on any atom is -0.340 e. The normalized spacial score (nSPS) is 29.9. The molecule has 2 bridgehead atoms. The largest absolute Gasteiger partial charge is 0.340 e. The van der Waals surface area contributed by atoms with Gasteiger partial charge in [0.15, 0.2) is 0 Å². The molecule has 0 radical (unpaired) electrons. The molecule has 2 unspecified atom stereocenters. The molecule has 2 atom stereocenters. The summed E-state index contributed by atoms with van der Waals surface area (Å²) in [4.78, 5) is 2.49. The minimum atomic E-state index is 0.642. The molecule has 0 N–H and O–H groups in total. The Hall–Kier alpha value is -0.900. The molecule has 0 aromatic carbocycles. The van der Waals surface area contributed by atoms with Crippen LogP contribution in [0.1, 0.15) is 30.7 Å². The maximum Gasteiger partial charge on any atom is 0.208 e. The minimum absolute atomic E-state index is 0.642. The summed E-state index contributed by atoms with van der Waals surface area (Å²) in [5.41, 5.74) is 1.42. The van der Waals surface area contributed by atoms with Crippen molar-refractivity contribution in [3.63, 3.8) is 0 Å². The Morgan fingerprint density at radius 2 is 1.93 bits per heavy atom. The molecule has 0 spiro atoms. The summed E-state index contributed by atoms with van der Waals surface area (Å²) >= 11 is 1.72. The Morgan fingerprint density at radius 3 is 2.47 bits per heavy atom. The topological polar surface area (TPSA) is 29.0 Å². The van der Waals surface area contributed by atoms with Gasteiger partial charge in [-0.25, -0.2) is 0 Å². The molecule has 2 saturated heterocycles. The van der Waals surface area contributed by atoms with Crippen molar-refractivity contribution in [2.75, 3.05) is 4.90 Å². The van der Waals surface area contributed by atoms with E-state index in [-0.39, 0.29) is 0 Å². The number of fused-ring (bicyclic) bond motifs is 2. The molecule has 80 valence electrons. The average molecular weight is 221 g/mol. The highest BCUT2D eigenvalue weighted by molar-refractivity contribution is 7.15. The second kappa shape index (κ2) is 3.30. The molecule has 0 amide bonds. The first-order valence-corrected chi connectivity index (χ1v) is 6.31. The van der Waals surface area contributed by atoms with E-state index in [1.54, 1.807) is 11.3 Å². The summed E-state index contributed by atoms with van der Waals surface area (Å²) in [5, 5.41) is 10.6. The zero-order valence-corrected chi connectivity index (χ0v) is 9.76. The van der Waals surface area contributed by atoms with Gasteiger partial charge in [0.05, 0.1) is 0 Å². The molecule has 3 heterocycles. The number of aromatic nitrogens is 2. The monoisotopic (exact) mass is 221 g/mol. The number of hydrogen-bond donors (Lipinski definition) is 0. The van der Waals surface area contributed by atoms with E-state index in [2.05, 4.69) is 21.7 Å². The fourth-order valence-corrected chi connectivity index (χ4v) is 3.65. The summed E-state index contributed by atoms with van der Waals surface area (Å²) in [6, 6.07) is 1.28. The highest BCUT2D eigenvalue weighted by Crippen LogP contribution is 2.41. The van der Waals surface area contributed by atoms with Crippen LogP contribution in [0.4, 0.5) is 5.13 Å². The number of aryl methyl sites for hydroxylation is 1. The van der Waals surface area contributed by atoms with Crippen molar-refractivity contribution < 1.29 is 0 Å². The number of hydrogen-bond acceptors (Lipinski definition) is 4. The van der Waals surface area contributed by atoms with E-state index in [0.29, 0.717) is 12.1 Å². The van der Waals surface area contributed by atoms with Crippen molar-refractivity contribution in [1.82, 2.24) is 10.2 Å². The van der Waals surface area contributed by atoms with Gasteiger partial charge < -0.3 is 4.90 Å². The predicted molar refractivity (Wildman–Crippen MR) is 62.3 cm³/mol. The van der Waals surface area contributed by atoms with E-state index in [1.165, 1.54) is 18.4 Å². The van der Waals surface area contributed by atoms with Gasteiger partial charge in [0.2, 0.25) is 5.13 Å². The molecule has 2 aliphatic heterocycles. The molecule has 1 aromatic heterocycles. The Kier molecular flexibility index (Phi) is 2.06. The lowest BCUT2D eigenvalue weighted by atomic mass is 9.99. The van der Waals surface area contributed by atoms with Gasteiger partial charge in [-0.2, -0.15) is 0 Å². The van der Waals surface area contributed by atoms with Crippen LogP contribution in [0.25, 0.3) is 0 Å². The summed E-state index contributed by atoms with van der Waals surface area (Å²) in [7, 11) is 0. The van der Waals surface area contributed by atoms with Crippen LogP contribution < -0.4 is 4.90 Å². The standard InChI is InChI=1S/C11H15N3S/c1-7-5-9-3-4-10(6-7)14(9)11-13-12-8(2)15-11/h9-10H,1,3-6H2,2H3. The molecule has 0 aliphatic carbocycles. The molecule has 4 heteroatoms. The van der Waals surface area contributed by atoms with E-state index in [9.17, 15) is 0 Å². The highest BCUT2D eigenvalue weighted by Gasteiger charge is 2.39. The van der Waals surface area contributed by atoms with Crippen LogP contribution >= 0.6 is 11.3 Å². The second-order valence-corrected chi connectivity index (χ2v) is 5.71. The molecular weight excluding hydrogens is 206 g/mol. The van der Waals surface area contributed by atoms with Crippen LogP contribution in [-0.4, -0.2) is 22.3 Å². The van der Waals surface area contributed by atoms with Gasteiger partial charge in [0.25, 0.3) is 0 Å². The van der Waals surface area contributed by atoms with Crippen molar-refractivity contribution in [3.05, 3.63) is 17.2 Å². The quantitative estimate of drug-likeness (QED) is 0.682. The maximum absolute atomic E-state index is 4.27. The van der Waals surface area contributed by atoms with E-state index in [0.717, 1.165) is 23.0 Å². The number of rotatable bonds is 1. The first kappa shape index (κ1) is 9.33. The SMILES string of the molecule is C=C1CC2CCC(C1)N2c1nnc(C)s1. The molecule has 0 saturated carbocycles. The van der Waals surface area contributed by atoms with Gasteiger partial charge >= 0.3 is 0 Å². The molecule has 2 fully saturated rings. The van der Waals surface area contributed by atoms with Crippen molar-refractivity contribution >= 4 is 16.5 Å². The fourth-order valence-electron chi connectivity index (χ4n) is 2.81. The first-order valence-electron chi connectivity index (χ1n) is 5.49. The molecule has 15 heavy (non-hydrogen) atoms. The number of nitrogens with zero attached hydrogens (tertiary/aromatic N) is 3. The van der Waals surface area contributed by atoms with E-state index >= 15 is 0 Å². The molecular formula is C11H15N3S. The second-order valence-electron chi connectivity index (χ2n) is 4.55. The van der Waals surface area contributed by atoms with Crippen molar-refractivity contribution in [1.29, 1.82) is 0 Å². The van der Waals surface area contributed by atoms with Crippen LogP contribution in [0.3, 0.4) is 0 Å². The van der Waals surface area contributed by atoms with E-state index in [1.807, 2.05) is 6.92 Å². The molecule has 3 nitrogen and oxygen atoms in total. The zero-order chi connectivity index (χ0) is 10.4. The van der Waals surface area contributed by atoms with Gasteiger partial charge in [0.1, 0.15) is 5.01 Å². The van der Waals surface area contributed by atoms with E-state index < -0.39 is 0 Å². The Balaban J connectivity index is 1.91. The zero-order valence-electron chi connectivity index (χ0n) is 8.94. The lowest BCUT2D eigenvalue weighted by Crippen LogP contribution is -2.40. The van der Waals surface area contributed by atoms with Crippen LogP contribution in [0.2, 0.25) is 0 Å². The lowest BCUT2D eigenvalue weighted by molar-refractivity contribution is 0.548. The van der Waals surface area contributed by atoms with Gasteiger partial charge in [-0.1, -0.05) is 23.5 Å². The van der Waals surface area contributed by atoms with Crippen molar-refractivity contribution in [3.8, 4) is 0 Å². The van der Waals surface area contributed by atoms with Crippen molar-refractivity contribution in [2.45, 2.75) is 44.7 Å². The highest BCUT2D eigenvalue weighted by atomic mass is 32.1. The van der Waals surface area contributed by atoms with Crippen LogP contribution in [0.5, 0.6) is 0 Å². The van der Waals surface area contributed by atoms with Gasteiger partial charge in [-0.3, -0.25) is 0 Å². The third-order valence-corrected chi connectivity index (χ3v) is 4.26. The number of piperidine rings is 1. The lowest BCUT2D eigenvalue weighted by Gasteiger charge is -2.35. The average Bonchev–Trinajstić information content (AvgIpc) is 2.69. The predicted octanol–water partition coefficient (Wildman–Crippen LogP) is 2.53. The van der Waals surface area contributed by atoms with Crippen LogP contribution in [-0.2, 0) is 0 Å². The Morgan fingerprint density at radius 1 is 1.27 bits per heavy atom. The third kappa shape index (κ3) is 1.47. The summed E-state index contributed by atoms with van der Waals surface area (Å²) in [6.45, 7) is 6.15. The Bertz CT molecular complexity index is 382. The van der Waals surface area contributed by atoms with Crippen LogP contribution in [0, 0.1) is 6.92 Å². The first-order chi connectivity index (χ1) is 7.24. The third-order valence-electron chi connectivity index (χ3n) is 3.40. The maximum atomic E-state index is 4.27. The molecule has 3 rings (SSSR count). The Labute approximate surface area is 93.8 Å². The molecule has 1 aromatic rings. The summed E-state index contributed by atoms with van der Waals surface area (Å²) < 4.78 is 0. The van der Waals surface area contributed by atoms with Crippen LogP contribution in [0.15, 0.2) is 12.2 Å². The van der Waals surface area contributed by atoms with Gasteiger partial charge in [0, 0.05) is 12.1 Å². The van der Waals surface area contributed by atoms with Gasteiger partial charge in [-0.05, 0) is 32.6 Å². The van der Waals surface area contributed by atoms with Crippen molar-refractivity contribution in [2.24, 2.45) is 0 Å². The smallest absolute Gasteiger partial charge is 0.208 e. The molecule has 2 aliphatic rings. The van der Waals surface area contributed by atoms with E-state index in [4.69, 9.17) is 0 Å². The van der Waals surface area contributed by atoms with Gasteiger partial charge in [-0.15, -0.1) is 10.2 Å². The summed E-state index contributed by atoms with van der Waals surface area (Å²) in [6.07, 6.45) is 4.88. The fraction of sp³-hybridized carbons (Fsp3) is 0.636. The summed E-state index contributed by atoms with van der Waals surface area (Å²) in [5.74, 6) is 0.